The first kappa shape index (κ1) is 20.9. The van der Waals surface area contributed by atoms with Gasteiger partial charge in [0.25, 0.3) is 11.8 Å². The van der Waals surface area contributed by atoms with E-state index < -0.39 is 5.91 Å². The first-order valence-corrected chi connectivity index (χ1v) is 10.4. The molecule has 0 fully saturated rings. The summed E-state index contributed by atoms with van der Waals surface area (Å²) in [6.07, 6.45) is 0. The second-order valence-electron chi connectivity index (χ2n) is 7.87. The maximum atomic E-state index is 13.6. The monoisotopic (exact) mass is 430 g/mol. The van der Waals surface area contributed by atoms with Crippen LogP contribution in [0.25, 0.3) is 5.57 Å². The van der Waals surface area contributed by atoms with Gasteiger partial charge in [-0.15, -0.1) is 0 Å². The first-order chi connectivity index (χ1) is 14.8. The number of hydrogen-bond acceptors (Lipinski definition) is 3. The average Bonchev–Trinajstić information content (AvgIpc) is 2.96. The van der Waals surface area contributed by atoms with Crippen LogP contribution in [0.2, 0.25) is 5.02 Å². The molecule has 0 aliphatic carbocycles. The molecule has 0 aromatic heterocycles. The van der Waals surface area contributed by atoms with Crippen LogP contribution in [0.4, 0.5) is 11.4 Å². The molecule has 0 atom stereocenters. The zero-order valence-electron chi connectivity index (χ0n) is 17.9. The fourth-order valence-electron chi connectivity index (χ4n) is 3.73. The highest BCUT2D eigenvalue weighted by Crippen LogP contribution is 2.37. The van der Waals surface area contributed by atoms with E-state index in [1.54, 1.807) is 25.1 Å². The second kappa shape index (κ2) is 8.05. The van der Waals surface area contributed by atoms with Crippen molar-refractivity contribution in [3.05, 3.63) is 99.2 Å². The molecule has 1 N–H and O–H groups in total. The van der Waals surface area contributed by atoms with Crippen LogP contribution in [0.1, 0.15) is 27.8 Å². The van der Waals surface area contributed by atoms with E-state index in [2.05, 4.69) is 5.32 Å². The van der Waals surface area contributed by atoms with Crippen LogP contribution in [0.5, 0.6) is 0 Å². The normalized spacial score (nSPS) is 13.9. The van der Waals surface area contributed by atoms with Gasteiger partial charge in [-0.3, -0.25) is 9.59 Å². The van der Waals surface area contributed by atoms with Crippen molar-refractivity contribution in [2.75, 3.05) is 10.2 Å². The Labute approximate surface area is 187 Å². The smallest absolute Gasteiger partial charge is 0.282 e. The Bertz CT molecular complexity index is 1260. The third kappa shape index (κ3) is 3.75. The predicted molar refractivity (Wildman–Crippen MR) is 126 cm³/mol. The molecule has 0 bridgehead atoms. The lowest BCUT2D eigenvalue weighted by molar-refractivity contribution is -0.120. The van der Waals surface area contributed by atoms with Crippen molar-refractivity contribution in [3.8, 4) is 0 Å². The number of benzene rings is 3. The highest BCUT2D eigenvalue weighted by Gasteiger charge is 2.41. The minimum atomic E-state index is -0.398. The molecule has 3 aromatic rings. The summed E-state index contributed by atoms with van der Waals surface area (Å²) in [6.45, 7) is 7.79. The van der Waals surface area contributed by atoms with E-state index in [4.69, 9.17) is 11.6 Å². The summed E-state index contributed by atoms with van der Waals surface area (Å²) in [6, 6.07) is 18.7. The standard InChI is InChI=1S/C26H23ClN2O2/c1-15-7-5-8-20(13-15)28-24-23(19-12-11-16(2)17(3)14-19)25(30)29(26(24)31)22-10-6-9-21(27)18(22)4/h5-14,28H,1-4H3. The van der Waals surface area contributed by atoms with Crippen LogP contribution in [0.15, 0.2) is 66.4 Å². The van der Waals surface area contributed by atoms with Gasteiger partial charge in [0.1, 0.15) is 5.70 Å². The van der Waals surface area contributed by atoms with E-state index in [0.29, 0.717) is 27.4 Å². The Kier molecular flexibility index (Phi) is 5.42. The van der Waals surface area contributed by atoms with Crippen molar-refractivity contribution >= 4 is 40.4 Å². The van der Waals surface area contributed by atoms with Gasteiger partial charge in [-0.05, 0) is 79.8 Å². The number of imide groups is 1. The summed E-state index contributed by atoms with van der Waals surface area (Å²) < 4.78 is 0. The van der Waals surface area contributed by atoms with Crippen LogP contribution in [0.3, 0.4) is 0 Å². The molecule has 0 saturated heterocycles. The summed E-state index contributed by atoms with van der Waals surface area (Å²) in [7, 11) is 0. The number of hydrogen-bond donors (Lipinski definition) is 1. The van der Waals surface area contributed by atoms with Gasteiger partial charge >= 0.3 is 0 Å². The zero-order valence-corrected chi connectivity index (χ0v) is 18.7. The van der Waals surface area contributed by atoms with Crippen molar-refractivity contribution < 1.29 is 9.59 Å². The number of nitrogens with zero attached hydrogens (tertiary/aromatic N) is 1. The van der Waals surface area contributed by atoms with Crippen LogP contribution < -0.4 is 10.2 Å². The Morgan fingerprint density at radius 3 is 2.26 bits per heavy atom. The third-order valence-corrected chi connectivity index (χ3v) is 6.06. The molecule has 5 heteroatoms. The van der Waals surface area contributed by atoms with E-state index >= 15 is 0 Å². The molecule has 1 heterocycles. The van der Waals surface area contributed by atoms with Crippen molar-refractivity contribution in [2.45, 2.75) is 27.7 Å². The van der Waals surface area contributed by atoms with Gasteiger partial charge < -0.3 is 5.32 Å². The fourth-order valence-corrected chi connectivity index (χ4v) is 3.90. The molecule has 156 valence electrons. The summed E-state index contributed by atoms with van der Waals surface area (Å²) >= 11 is 6.28. The van der Waals surface area contributed by atoms with E-state index in [0.717, 1.165) is 22.4 Å². The van der Waals surface area contributed by atoms with E-state index in [-0.39, 0.29) is 11.6 Å². The number of anilines is 2. The van der Waals surface area contributed by atoms with E-state index in [9.17, 15) is 9.59 Å². The minimum absolute atomic E-state index is 0.262. The van der Waals surface area contributed by atoms with Gasteiger partial charge in [0.2, 0.25) is 0 Å². The lowest BCUT2D eigenvalue weighted by Crippen LogP contribution is -2.33. The predicted octanol–water partition coefficient (Wildman–Crippen LogP) is 5.97. The van der Waals surface area contributed by atoms with Gasteiger partial charge in [-0.2, -0.15) is 0 Å². The van der Waals surface area contributed by atoms with Crippen molar-refractivity contribution in [1.29, 1.82) is 0 Å². The zero-order chi connectivity index (χ0) is 22.3. The number of nitrogens with one attached hydrogen (secondary N) is 1. The fraction of sp³-hybridized carbons (Fsp3) is 0.154. The van der Waals surface area contributed by atoms with Crippen molar-refractivity contribution in [1.82, 2.24) is 0 Å². The van der Waals surface area contributed by atoms with Crippen LogP contribution in [-0.2, 0) is 9.59 Å². The number of carbonyl (C=O) groups is 2. The molecule has 1 aliphatic rings. The summed E-state index contributed by atoms with van der Waals surface area (Å²) in [5, 5.41) is 3.72. The van der Waals surface area contributed by atoms with Crippen LogP contribution in [-0.4, -0.2) is 11.8 Å². The number of rotatable bonds is 4. The highest BCUT2D eigenvalue weighted by atomic mass is 35.5. The molecule has 31 heavy (non-hydrogen) atoms. The molecule has 0 saturated carbocycles. The minimum Gasteiger partial charge on any atom is -0.350 e. The second-order valence-corrected chi connectivity index (χ2v) is 8.28. The Hall–Kier alpha value is -3.37. The average molecular weight is 431 g/mol. The molecule has 4 nitrogen and oxygen atoms in total. The third-order valence-electron chi connectivity index (χ3n) is 5.65. The van der Waals surface area contributed by atoms with Crippen LogP contribution >= 0.6 is 11.6 Å². The largest absolute Gasteiger partial charge is 0.350 e. The molecule has 0 radical (unpaired) electrons. The van der Waals surface area contributed by atoms with Gasteiger partial charge in [-0.25, -0.2) is 4.90 Å². The molecular formula is C26H23ClN2O2. The first-order valence-electron chi connectivity index (χ1n) is 10.1. The number of halogens is 1. The number of aryl methyl sites for hydroxylation is 3. The molecule has 2 amide bonds. The Morgan fingerprint density at radius 2 is 1.55 bits per heavy atom. The number of carbonyl (C=O) groups excluding carboxylic acids is 2. The lowest BCUT2D eigenvalue weighted by atomic mass is 9.99. The molecule has 4 rings (SSSR count). The molecule has 3 aromatic carbocycles. The van der Waals surface area contributed by atoms with Gasteiger partial charge in [0.05, 0.1) is 11.3 Å². The molecule has 0 unspecified atom stereocenters. The van der Waals surface area contributed by atoms with Crippen molar-refractivity contribution in [2.24, 2.45) is 0 Å². The highest BCUT2D eigenvalue weighted by molar-refractivity contribution is 6.46. The summed E-state index contributed by atoms with van der Waals surface area (Å²) in [5.74, 6) is -0.765. The SMILES string of the molecule is Cc1cccc(NC2=C(c3ccc(C)c(C)c3)C(=O)N(c3cccc(Cl)c3C)C2=O)c1. The lowest BCUT2D eigenvalue weighted by Gasteiger charge is -2.18. The summed E-state index contributed by atoms with van der Waals surface area (Å²) in [5.41, 5.74) is 6.48. The maximum Gasteiger partial charge on any atom is 0.282 e. The molecule has 0 spiro atoms. The Balaban J connectivity index is 1.88. The van der Waals surface area contributed by atoms with Gasteiger partial charge in [0, 0.05) is 10.7 Å². The molecular weight excluding hydrogens is 408 g/mol. The van der Waals surface area contributed by atoms with Crippen molar-refractivity contribution in [3.63, 3.8) is 0 Å². The topological polar surface area (TPSA) is 49.4 Å². The number of amides is 2. The van der Waals surface area contributed by atoms with E-state index in [1.165, 1.54) is 4.90 Å². The molecule has 1 aliphatic heterocycles. The Morgan fingerprint density at radius 1 is 0.806 bits per heavy atom. The summed E-state index contributed by atoms with van der Waals surface area (Å²) in [4.78, 5) is 28.4. The maximum absolute atomic E-state index is 13.6. The van der Waals surface area contributed by atoms with E-state index in [1.807, 2.05) is 63.2 Å². The van der Waals surface area contributed by atoms with Gasteiger partial charge in [-0.1, -0.05) is 48.0 Å². The quantitative estimate of drug-likeness (QED) is 0.518. The van der Waals surface area contributed by atoms with Gasteiger partial charge in [0.15, 0.2) is 0 Å². The van der Waals surface area contributed by atoms with Crippen LogP contribution in [0, 0.1) is 27.7 Å².